The Morgan fingerprint density at radius 3 is 1.90 bits per heavy atom. The Bertz CT molecular complexity index is 1350. The monoisotopic (exact) mass is 396 g/mol. The number of rotatable bonds is 0. The predicted molar refractivity (Wildman–Crippen MR) is 111 cm³/mol. The van der Waals surface area contributed by atoms with E-state index >= 15 is 0 Å². The predicted octanol–water partition coefficient (Wildman–Crippen LogP) is 0.0939. The van der Waals surface area contributed by atoms with Crippen molar-refractivity contribution in [2.45, 2.75) is 0 Å². The maximum atomic E-state index is 11.4. The number of pyridine rings is 2. The molecule has 10 heteroatoms. The Kier molecular flexibility index (Phi) is 6.22. The molecule has 5 rings (SSSR count). The molecule has 0 saturated carbocycles. The first-order chi connectivity index (χ1) is 13.1. The summed E-state index contributed by atoms with van der Waals surface area (Å²) in [5.41, 5.74) is 1.97. The Labute approximate surface area is 163 Å². The number of nitrogens with one attached hydrogen (secondary N) is 1. The molecule has 0 spiro atoms. The molecule has 150 valence electrons. The van der Waals surface area contributed by atoms with E-state index in [1.807, 2.05) is 12.1 Å². The zero-order valence-electron chi connectivity index (χ0n) is 15.7. The third-order valence-electron chi connectivity index (χ3n) is 4.37. The second-order valence-corrected chi connectivity index (χ2v) is 6.02. The minimum atomic E-state index is -0.371. The number of aryl methyl sites for hydroxylation is 1. The standard InChI is InChI=1S/C12H8N2.C7H8N4O2.2H2O/c1-3-9-5-6-10-4-2-8-14-12(10)11(9)13-7-1;1-10-5-4(8-3-9-5)6(12)11(2)7(10)13;;/h1-8H;3H,1-2H3,(H,8,9);2*1H2. The number of fused-ring (bicyclic) bond motifs is 4. The van der Waals surface area contributed by atoms with Crippen molar-refractivity contribution in [3.63, 3.8) is 0 Å². The molecule has 4 heterocycles. The maximum Gasteiger partial charge on any atom is 0.332 e. The topological polar surface area (TPSA) is 161 Å². The lowest BCUT2D eigenvalue weighted by molar-refractivity contribution is 0.709. The van der Waals surface area contributed by atoms with Crippen molar-refractivity contribution in [3.05, 3.63) is 76.0 Å². The molecular weight excluding hydrogens is 376 g/mol. The molecule has 0 aliphatic rings. The van der Waals surface area contributed by atoms with Gasteiger partial charge >= 0.3 is 5.69 Å². The molecule has 0 amide bonds. The van der Waals surface area contributed by atoms with Gasteiger partial charge in [-0.25, -0.2) is 9.78 Å². The highest BCUT2D eigenvalue weighted by Crippen LogP contribution is 2.20. The fourth-order valence-corrected chi connectivity index (χ4v) is 2.95. The molecule has 0 unspecified atom stereocenters. The minimum absolute atomic E-state index is 0. The first kappa shape index (κ1) is 21.4. The van der Waals surface area contributed by atoms with Gasteiger partial charge < -0.3 is 15.9 Å². The van der Waals surface area contributed by atoms with Gasteiger partial charge in [0.2, 0.25) is 0 Å². The summed E-state index contributed by atoms with van der Waals surface area (Å²) in [5, 5.41) is 2.28. The van der Waals surface area contributed by atoms with E-state index in [1.54, 1.807) is 19.4 Å². The van der Waals surface area contributed by atoms with Gasteiger partial charge in [-0.2, -0.15) is 0 Å². The van der Waals surface area contributed by atoms with Crippen molar-refractivity contribution >= 4 is 33.0 Å². The molecule has 0 saturated heterocycles. The third-order valence-corrected chi connectivity index (χ3v) is 4.37. The zero-order valence-corrected chi connectivity index (χ0v) is 15.7. The van der Waals surface area contributed by atoms with Gasteiger partial charge in [0.25, 0.3) is 5.56 Å². The fourth-order valence-electron chi connectivity index (χ4n) is 2.95. The van der Waals surface area contributed by atoms with Crippen molar-refractivity contribution in [1.29, 1.82) is 0 Å². The van der Waals surface area contributed by atoms with Crippen LogP contribution in [0, 0.1) is 0 Å². The van der Waals surface area contributed by atoms with Crippen LogP contribution in [0.4, 0.5) is 0 Å². The molecule has 0 atom stereocenters. The zero-order chi connectivity index (χ0) is 19.0. The average Bonchev–Trinajstić information content (AvgIpc) is 3.21. The summed E-state index contributed by atoms with van der Waals surface area (Å²) in [6, 6.07) is 12.1. The van der Waals surface area contributed by atoms with E-state index in [9.17, 15) is 9.59 Å². The van der Waals surface area contributed by atoms with Gasteiger partial charge in [-0.05, 0) is 12.1 Å². The smallest absolute Gasteiger partial charge is 0.332 e. The summed E-state index contributed by atoms with van der Waals surface area (Å²) in [4.78, 5) is 38.1. The molecule has 10 nitrogen and oxygen atoms in total. The molecule has 0 radical (unpaired) electrons. The molecule has 5 aromatic rings. The van der Waals surface area contributed by atoms with Crippen molar-refractivity contribution in [2.24, 2.45) is 14.1 Å². The van der Waals surface area contributed by atoms with E-state index in [4.69, 9.17) is 0 Å². The molecular formula is C19H20N6O4. The van der Waals surface area contributed by atoms with Gasteiger partial charge in [0.1, 0.15) is 5.52 Å². The van der Waals surface area contributed by atoms with Crippen LogP contribution in [0.3, 0.4) is 0 Å². The first-order valence-corrected chi connectivity index (χ1v) is 8.25. The molecule has 1 aromatic carbocycles. The van der Waals surface area contributed by atoms with Crippen LogP contribution in [0.2, 0.25) is 0 Å². The number of nitrogens with zero attached hydrogens (tertiary/aromatic N) is 5. The maximum absolute atomic E-state index is 11.4. The summed E-state index contributed by atoms with van der Waals surface area (Å²) < 4.78 is 2.37. The molecule has 0 aliphatic carbocycles. The van der Waals surface area contributed by atoms with E-state index in [2.05, 4.69) is 44.2 Å². The molecule has 29 heavy (non-hydrogen) atoms. The van der Waals surface area contributed by atoms with Gasteiger partial charge in [0, 0.05) is 37.3 Å². The van der Waals surface area contributed by atoms with Crippen molar-refractivity contribution in [1.82, 2.24) is 29.1 Å². The number of benzene rings is 1. The van der Waals surface area contributed by atoms with Crippen LogP contribution in [-0.2, 0) is 14.1 Å². The summed E-state index contributed by atoms with van der Waals surface area (Å²) in [5.74, 6) is 0. The van der Waals surface area contributed by atoms with E-state index in [0.717, 1.165) is 26.4 Å². The second kappa shape index (κ2) is 8.42. The summed E-state index contributed by atoms with van der Waals surface area (Å²) >= 11 is 0. The number of aromatic nitrogens is 6. The lowest BCUT2D eigenvalue weighted by Crippen LogP contribution is -2.36. The van der Waals surface area contributed by atoms with E-state index < -0.39 is 0 Å². The summed E-state index contributed by atoms with van der Waals surface area (Å²) in [6.45, 7) is 0. The van der Waals surface area contributed by atoms with E-state index in [1.165, 1.54) is 17.9 Å². The van der Waals surface area contributed by atoms with Crippen LogP contribution in [-0.4, -0.2) is 40.0 Å². The Hall–Kier alpha value is -3.89. The largest absolute Gasteiger partial charge is 0.412 e. The van der Waals surface area contributed by atoms with E-state index in [-0.39, 0.29) is 22.2 Å². The first-order valence-electron chi connectivity index (χ1n) is 8.25. The van der Waals surface area contributed by atoms with Gasteiger partial charge in [-0.15, -0.1) is 0 Å². The molecule has 5 N–H and O–H groups in total. The Morgan fingerprint density at radius 1 is 0.793 bits per heavy atom. The number of hydrogen-bond donors (Lipinski definition) is 1. The Balaban J connectivity index is 0.000000194. The van der Waals surface area contributed by atoms with Crippen LogP contribution in [0.1, 0.15) is 0 Å². The van der Waals surface area contributed by atoms with Gasteiger partial charge in [0.05, 0.1) is 17.4 Å². The van der Waals surface area contributed by atoms with Crippen molar-refractivity contribution < 1.29 is 11.0 Å². The number of H-pyrrole nitrogens is 1. The summed E-state index contributed by atoms with van der Waals surface area (Å²) in [7, 11) is 3.01. The molecule has 0 aliphatic heterocycles. The molecule has 4 aromatic heterocycles. The Morgan fingerprint density at radius 2 is 1.34 bits per heavy atom. The highest BCUT2D eigenvalue weighted by Gasteiger charge is 2.09. The van der Waals surface area contributed by atoms with Gasteiger partial charge in [-0.1, -0.05) is 24.3 Å². The minimum Gasteiger partial charge on any atom is -0.412 e. The number of imidazole rings is 1. The number of hydrogen-bond acceptors (Lipinski definition) is 5. The quantitative estimate of drug-likeness (QED) is 0.366. The molecule has 0 bridgehead atoms. The van der Waals surface area contributed by atoms with Crippen LogP contribution in [0.5, 0.6) is 0 Å². The normalized spacial score (nSPS) is 10.1. The number of aromatic amines is 1. The van der Waals surface area contributed by atoms with Crippen molar-refractivity contribution in [3.8, 4) is 0 Å². The SMILES string of the molecule is Cn1c(=O)c2[nH]cnc2n(C)c1=O.O.O.c1cnc2c(c1)ccc1cccnc12. The average molecular weight is 396 g/mol. The van der Waals surface area contributed by atoms with Crippen molar-refractivity contribution in [2.75, 3.05) is 0 Å². The lowest BCUT2D eigenvalue weighted by Gasteiger charge is -2.00. The van der Waals surface area contributed by atoms with Gasteiger partial charge in [0.15, 0.2) is 5.65 Å². The second-order valence-electron chi connectivity index (χ2n) is 6.02. The highest BCUT2D eigenvalue weighted by atomic mass is 16.2. The fraction of sp³-hybridized carbons (Fsp3) is 0.105. The lowest BCUT2D eigenvalue weighted by atomic mass is 10.1. The highest BCUT2D eigenvalue weighted by molar-refractivity contribution is 6.02. The molecule has 0 fully saturated rings. The van der Waals surface area contributed by atoms with E-state index in [0.29, 0.717) is 11.2 Å². The third kappa shape index (κ3) is 3.61. The van der Waals surface area contributed by atoms with Crippen LogP contribution in [0.15, 0.2) is 64.7 Å². The van der Waals surface area contributed by atoms with Crippen LogP contribution < -0.4 is 11.2 Å². The van der Waals surface area contributed by atoms with Gasteiger partial charge in [-0.3, -0.25) is 23.9 Å². The van der Waals surface area contributed by atoms with Crippen LogP contribution in [0.25, 0.3) is 33.0 Å². The van der Waals surface area contributed by atoms with Crippen LogP contribution >= 0.6 is 0 Å². The summed E-state index contributed by atoms with van der Waals surface area (Å²) in [6.07, 6.45) is 5.00.